The van der Waals surface area contributed by atoms with Crippen LogP contribution in [0.4, 0.5) is 0 Å². The normalized spacial score (nSPS) is 34.1. The zero-order chi connectivity index (χ0) is 11.6. The van der Waals surface area contributed by atoms with Crippen LogP contribution in [0, 0.1) is 0 Å². The fraction of sp³-hybridized carbons (Fsp3) is 0.818. The molecule has 2 heterocycles. The van der Waals surface area contributed by atoms with Gasteiger partial charge in [-0.2, -0.15) is 0 Å². The Morgan fingerprint density at radius 3 is 2.69 bits per heavy atom. The van der Waals surface area contributed by atoms with E-state index in [0.717, 1.165) is 0 Å². The molecule has 0 aromatic heterocycles. The van der Waals surface area contributed by atoms with Gasteiger partial charge in [-0.15, -0.1) is 23.5 Å². The summed E-state index contributed by atoms with van der Waals surface area (Å²) in [5.41, 5.74) is 0. The topological polar surface area (TPSA) is 38.7 Å². The molecular weight excluding hydrogens is 244 g/mol. The molecule has 2 aliphatic heterocycles. The molecule has 0 amide bonds. The summed E-state index contributed by atoms with van der Waals surface area (Å²) >= 11 is 3.74. The zero-order valence-corrected chi connectivity index (χ0v) is 11.3. The third-order valence-electron chi connectivity index (χ3n) is 2.48. The highest BCUT2D eigenvalue weighted by Crippen LogP contribution is 2.37. The average Bonchev–Trinajstić information content (AvgIpc) is 2.54. The first-order valence-corrected chi connectivity index (χ1v) is 7.52. The summed E-state index contributed by atoms with van der Waals surface area (Å²) in [7, 11) is 0. The molecule has 3 nitrogen and oxygen atoms in total. The lowest BCUT2D eigenvalue weighted by Crippen LogP contribution is -2.25. The van der Waals surface area contributed by atoms with E-state index in [0.29, 0.717) is 0 Å². The van der Waals surface area contributed by atoms with Crippen LogP contribution in [-0.4, -0.2) is 41.2 Å². The van der Waals surface area contributed by atoms with Crippen LogP contribution in [0.5, 0.6) is 0 Å². The Hall–Kier alpha value is 0.320. The van der Waals surface area contributed by atoms with E-state index in [-0.39, 0.29) is 18.8 Å². The number of aliphatic hydroxyl groups excluding tert-OH is 1. The molecule has 0 unspecified atom stereocenters. The van der Waals surface area contributed by atoms with E-state index in [2.05, 4.69) is 6.08 Å². The number of ether oxygens (including phenoxy) is 2. The summed E-state index contributed by atoms with van der Waals surface area (Å²) in [4.78, 5) is 0. The van der Waals surface area contributed by atoms with E-state index in [4.69, 9.17) is 9.47 Å². The first kappa shape index (κ1) is 12.8. The Labute approximate surface area is 105 Å². The van der Waals surface area contributed by atoms with Crippen molar-refractivity contribution >= 4 is 23.5 Å². The van der Waals surface area contributed by atoms with Crippen LogP contribution in [0.25, 0.3) is 0 Å². The Balaban J connectivity index is 2.02. The summed E-state index contributed by atoms with van der Waals surface area (Å²) in [5, 5.41) is 9.25. The van der Waals surface area contributed by atoms with Crippen molar-refractivity contribution in [1.82, 2.24) is 0 Å². The van der Waals surface area contributed by atoms with Crippen molar-refractivity contribution in [2.24, 2.45) is 0 Å². The Morgan fingerprint density at radius 2 is 2.06 bits per heavy atom. The average molecular weight is 262 g/mol. The summed E-state index contributed by atoms with van der Waals surface area (Å²) in [5.74, 6) is 1.78. The highest BCUT2D eigenvalue weighted by Gasteiger charge is 2.40. The van der Waals surface area contributed by atoms with Crippen molar-refractivity contribution in [3.05, 3.63) is 10.3 Å². The van der Waals surface area contributed by atoms with Gasteiger partial charge >= 0.3 is 0 Å². The van der Waals surface area contributed by atoms with E-state index >= 15 is 0 Å². The molecule has 5 heteroatoms. The summed E-state index contributed by atoms with van der Waals surface area (Å²) < 4.78 is 12.7. The van der Waals surface area contributed by atoms with E-state index in [1.807, 2.05) is 37.4 Å². The number of rotatable bonds is 2. The zero-order valence-electron chi connectivity index (χ0n) is 9.64. The third kappa shape index (κ3) is 3.17. The highest BCUT2D eigenvalue weighted by molar-refractivity contribution is 8.22. The fourth-order valence-electron chi connectivity index (χ4n) is 1.82. The largest absolute Gasteiger partial charge is 0.394 e. The molecular formula is C11H18O3S2. The van der Waals surface area contributed by atoms with Crippen LogP contribution >= 0.6 is 23.5 Å². The van der Waals surface area contributed by atoms with Crippen LogP contribution in [0.2, 0.25) is 0 Å². The molecule has 0 saturated carbocycles. The molecule has 0 aromatic rings. The first-order valence-electron chi connectivity index (χ1n) is 5.55. The lowest BCUT2D eigenvalue weighted by atomic mass is 10.2. The lowest BCUT2D eigenvalue weighted by molar-refractivity contribution is -0.146. The molecule has 2 rings (SSSR count). The molecule has 2 aliphatic rings. The van der Waals surface area contributed by atoms with Gasteiger partial charge in [0.1, 0.15) is 12.2 Å². The summed E-state index contributed by atoms with van der Waals surface area (Å²) in [6.07, 6.45) is 3.02. The van der Waals surface area contributed by atoms with E-state index in [1.54, 1.807) is 0 Å². The van der Waals surface area contributed by atoms with Crippen molar-refractivity contribution in [3.63, 3.8) is 0 Å². The lowest BCUT2D eigenvalue weighted by Gasteiger charge is -2.17. The highest BCUT2D eigenvalue weighted by atomic mass is 32.2. The SMILES string of the molecule is CC1(C)O[C@@H](CO)[C@@H](C=C2SCCCS2)O1. The van der Waals surface area contributed by atoms with Crippen molar-refractivity contribution in [2.45, 2.75) is 38.3 Å². The van der Waals surface area contributed by atoms with Gasteiger partial charge in [0.05, 0.1) is 6.61 Å². The van der Waals surface area contributed by atoms with E-state index in [9.17, 15) is 5.11 Å². The van der Waals surface area contributed by atoms with Crippen molar-refractivity contribution in [2.75, 3.05) is 18.1 Å². The van der Waals surface area contributed by atoms with Gasteiger partial charge in [0.2, 0.25) is 0 Å². The Kier molecular flexibility index (Phi) is 4.24. The van der Waals surface area contributed by atoms with Gasteiger partial charge in [0.15, 0.2) is 5.79 Å². The Bertz CT molecular complexity index is 270. The molecule has 92 valence electrons. The quantitative estimate of drug-likeness (QED) is 0.826. The maximum absolute atomic E-state index is 9.25. The summed E-state index contributed by atoms with van der Waals surface area (Å²) in [6.45, 7) is 3.78. The Morgan fingerprint density at radius 1 is 1.38 bits per heavy atom. The molecule has 2 fully saturated rings. The molecule has 1 N–H and O–H groups in total. The number of hydrogen-bond donors (Lipinski definition) is 1. The molecule has 16 heavy (non-hydrogen) atoms. The minimum Gasteiger partial charge on any atom is -0.394 e. The maximum Gasteiger partial charge on any atom is 0.164 e. The number of aliphatic hydroxyl groups is 1. The molecule has 2 atom stereocenters. The molecule has 0 aliphatic carbocycles. The second-order valence-electron chi connectivity index (χ2n) is 4.36. The third-order valence-corrected chi connectivity index (χ3v) is 5.01. The van der Waals surface area contributed by atoms with E-state index < -0.39 is 5.79 Å². The van der Waals surface area contributed by atoms with Crippen LogP contribution < -0.4 is 0 Å². The van der Waals surface area contributed by atoms with Gasteiger partial charge in [0.25, 0.3) is 0 Å². The van der Waals surface area contributed by atoms with Crippen LogP contribution in [0.1, 0.15) is 20.3 Å². The molecule has 0 radical (unpaired) electrons. The van der Waals surface area contributed by atoms with Crippen molar-refractivity contribution in [3.8, 4) is 0 Å². The smallest absolute Gasteiger partial charge is 0.164 e. The van der Waals surface area contributed by atoms with Gasteiger partial charge in [-0.1, -0.05) is 0 Å². The molecule has 2 saturated heterocycles. The second kappa shape index (κ2) is 5.31. The predicted octanol–water partition coefficient (Wildman–Crippen LogP) is 2.21. The monoisotopic (exact) mass is 262 g/mol. The number of hydrogen-bond acceptors (Lipinski definition) is 5. The van der Waals surface area contributed by atoms with Crippen molar-refractivity contribution in [1.29, 1.82) is 0 Å². The number of thioether (sulfide) groups is 2. The standard InChI is InChI=1S/C11H18O3S2/c1-11(2)13-8(9(7-12)14-11)6-10-15-4-3-5-16-10/h6,8-9,12H,3-5,7H2,1-2H3/t8-,9+/m1/s1. The van der Waals surface area contributed by atoms with Gasteiger partial charge in [-0.3, -0.25) is 0 Å². The fourth-order valence-corrected chi connectivity index (χ4v) is 4.28. The van der Waals surface area contributed by atoms with Gasteiger partial charge in [-0.05, 0) is 37.9 Å². The van der Waals surface area contributed by atoms with Crippen LogP contribution in [0.3, 0.4) is 0 Å². The van der Waals surface area contributed by atoms with Crippen molar-refractivity contribution < 1.29 is 14.6 Å². The van der Waals surface area contributed by atoms with Crippen LogP contribution in [-0.2, 0) is 9.47 Å². The maximum atomic E-state index is 9.25. The van der Waals surface area contributed by atoms with Gasteiger partial charge < -0.3 is 14.6 Å². The summed E-state index contributed by atoms with van der Waals surface area (Å²) in [6, 6.07) is 0. The first-order chi connectivity index (χ1) is 7.61. The van der Waals surface area contributed by atoms with Gasteiger partial charge in [0, 0.05) is 4.24 Å². The minimum atomic E-state index is -0.584. The second-order valence-corrected chi connectivity index (χ2v) is 6.89. The predicted molar refractivity (Wildman–Crippen MR) is 68.5 cm³/mol. The molecule has 0 aromatic carbocycles. The molecule has 0 spiro atoms. The molecule has 0 bridgehead atoms. The van der Waals surface area contributed by atoms with E-state index in [1.165, 1.54) is 22.2 Å². The van der Waals surface area contributed by atoms with Crippen LogP contribution in [0.15, 0.2) is 10.3 Å². The van der Waals surface area contributed by atoms with Gasteiger partial charge in [-0.25, -0.2) is 0 Å². The minimum absolute atomic E-state index is 0.00715.